The molecule has 2 heterocycles. The van der Waals surface area contributed by atoms with Gasteiger partial charge in [-0.05, 0) is 6.42 Å². The van der Waals surface area contributed by atoms with Crippen LogP contribution in [0, 0.1) is 0 Å². The lowest BCUT2D eigenvalue weighted by Crippen LogP contribution is -2.40. The van der Waals surface area contributed by atoms with Crippen LogP contribution in [0.4, 0.5) is 0 Å². The molecule has 0 aromatic rings. The van der Waals surface area contributed by atoms with E-state index in [-0.39, 0.29) is 11.9 Å². The normalized spacial score (nSPS) is 27.7. The van der Waals surface area contributed by atoms with Crippen molar-refractivity contribution < 1.29 is 4.79 Å². The molecule has 1 unspecified atom stereocenters. The zero-order valence-electron chi connectivity index (χ0n) is 9.95. The third kappa shape index (κ3) is 2.90. The zero-order chi connectivity index (χ0) is 11.4. The van der Waals surface area contributed by atoms with Gasteiger partial charge in [0.2, 0.25) is 5.91 Å². The summed E-state index contributed by atoms with van der Waals surface area (Å²) in [7, 11) is 0. The van der Waals surface area contributed by atoms with Crippen LogP contribution in [0.5, 0.6) is 0 Å². The molecule has 0 aromatic carbocycles. The first-order valence-electron chi connectivity index (χ1n) is 6.13. The fourth-order valence-corrected chi connectivity index (χ4v) is 3.18. The minimum absolute atomic E-state index is 0.0666. The maximum Gasteiger partial charge on any atom is 0.240 e. The van der Waals surface area contributed by atoms with Crippen molar-refractivity contribution in [3.05, 3.63) is 0 Å². The van der Waals surface area contributed by atoms with Gasteiger partial charge in [-0.1, -0.05) is 6.92 Å². The summed E-state index contributed by atoms with van der Waals surface area (Å²) in [5.41, 5.74) is 0. The third-order valence-electron chi connectivity index (χ3n) is 3.34. The number of rotatable bonds is 4. The van der Waals surface area contributed by atoms with Gasteiger partial charge in [0.05, 0.1) is 12.7 Å². The fraction of sp³-hybridized carbons (Fsp3) is 0.909. The van der Waals surface area contributed by atoms with Gasteiger partial charge in [0.25, 0.3) is 0 Å². The molecule has 16 heavy (non-hydrogen) atoms. The molecule has 5 heteroatoms. The number of hydrogen-bond acceptors (Lipinski definition) is 4. The summed E-state index contributed by atoms with van der Waals surface area (Å²) < 4.78 is 0. The molecule has 0 saturated carbocycles. The smallest absolute Gasteiger partial charge is 0.240 e. The van der Waals surface area contributed by atoms with Crippen LogP contribution in [0.1, 0.15) is 13.3 Å². The largest absolute Gasteiger partial charge is 0.327 e. The van der Waals surface area contributed by atoms with Gasteiger partial charge in [-0.3, -0.25) is 15.0 Å². The van der Waals surface area contributed by atoms with Crippen molar-refractivity contribution in [2.45, 2.75) is 19.4 Å². The van der Waals surface area contributed by atoms with Gasteiger partial charge < -0.3 is 4.90 Å². The SMILES string of the molecule is CCC1NCN(CCN2CCSCC2)C1=O. The van der Waals surface area contributed by atoms with E-state index in [1.54, 1.807) is 0 Å². The lowest BCUT2D eigenvalue weighted by molar-refractivity contribution is -0.129. The molecular formula is C11H21N3OS. The summed E-state index contributed by atoms with van der Waals surface area (Å²) in [4.78, 5) is 16.3. The van der Waals surface area contributed by atoms with Crippen LogP contribution >= 0.6 is 11.8 Å². The predicted molar refractivity (Wildman–Crippen MR) is 67.6 cm³/mol. The molecule has 0 aliphatic carbocycles. The fourth-order valence-electron chi connectivity index (χ4n) is 2.20. The number of nitrogens with one attached hydrogen (secondary N) is 1. The molecule has 0 radical (unpaired) electrons. The minimum Gasteiger partial charge on any atom is -0.327 e. The molecule has 0 spiro atoms. The van der Waals surface area contributed by atoms with E-state index >= 15 is 0 Å². The van der Waals surface area contributed by atoms with Gasteiger partial charge in [-0.15, -0.1) is 0 Å². The van der Waals surface area contributed by atoms with E-state index in [4.69, 9.17) is 0 Å². The van der Waals surface area contributed by atoms with Crippen molar-refractivity contribution in [3.8, 4) is 0 Å². The van der Waals surface area contributed by atoms with Crippen LogP contribution in [-0.2, 0) is 4.79 Å². The topological polar surface area (TPSA) is 35.6 Å². The van der Waals surface area contributed by atoms with Crippen LogP contribution < -0.4 is 5.32 Å². The summed E-state index contributed by atoms with van der Waals surface area (Å²) in [6.07, 6.45) is 0.898. The minimum atomic E-state index is 0.0666. The van der Waals surface area contributed by atoms with E-state index in [1.807, 2.05) is 16.7 Å². The predicted octanol–water partition coefficient (Wildman–Crippen LogP) is 0.203. The lowest BCUT2D eigenvalue weighted by Gasteiger charge is -2.28. The van der Waals surface area contributed by atoms with E-state index in [0.717, 1.165) is 26.2 Å². The molecule has 2 rings (SSSR count). The van der Waals surface area contributed by atoms with Gasteiger partial charge in [0.15, 0.2) is 0 Å². The molecule has 1 N–H and O–H groups in total. The molecule has 2 fully saturated rings. The first kappa shape index (κ1) is 12.2. The van der Waals surface area contributed by atoms with E-state index in [9.17, 15) is 4.79 Å². The van der Waals surface area contributed by atoms with Crippen LogP contribution in [0.2, 0.25) is 0 Å². The standard InChI is InChI=1S/C11H21N3OS/c1-2-10-11(15)14(9-12-10)4-3-13-5-7-16-8-6-13/h10,12H,2-9H2,1H3. The van der Waals surface area contributed by atoms with Crippen molar-refractivity contribution in [1.82, 2.24) is 15.1 Å². The van der Waals surface area contributed by atoms with Gasteiger partial charge in [-0.25, -0.2) is 0 Å². The molecule has 1 amide bonds. The Labute approximate surface area is 102 Å². The second-order valence-electron chi connectivity index (χ2n) is 4.38. The number of nitrogens with zero attached hydrogens (tertiary/aromatic N) is 2. The molecule has 92 valence electrons. The second kappa shape index (κ2) is 5.89. The van der Waals surface area contributed by atoms with Gasteiger partial charge in [-0.2, -0.15) is 11.8 Å². The lowest BCUT2D eigenvalue weighted by atomic mass is 10.2. The molecule has 2 saturated heterocycles. The molecule has 2 aliphatic rings. The van der Waals surface area contributed by atoms with Crippen LogP contribution in [-0.4, -0.2) is 66.1 Å². The molecule has 4 nitrogen and oxygen atoms in total. The first-order chi connectivity index (χ1) is 7.81. The summed E-state index contributed by atoms with van der Waals surface area (Å²) in [5, 5.41) is 3.25. The third-order valence-corrected chi connectivity index (χ3v) is 4.28. The average molecular weight is 243 g/mol. The highest BCUT2D eigenvalue weighted by molar-refractivity contribution is 7.99. The van der Waals surface area contributed by atoms with Crippen molar-refractivity contribution in [1.29, 1.82) is 0 Å². The Kier molecular flexibility index (Phi) is 4.49. The summed E-state index contributed by atoms with van der Waals surface area (Å²) >= 11 is 2.03. The molecule has 2 aliphatic heterocycles. The van der Waals surface area contributed by atoms with E-state index in [2.05, 4.69) is 17.1 Å². The Bertz CT molecular complexity index is 243. The van der Waals surface area contributed by atoms with Crippen molar-refractivity contribution in [2.24, 2.45) is 0 Å². The van der Waals surface area contributed by atoms with Gasteiger partial charge in [0.1, 0.15) is 0 Å². The quantitative estimate of drug-likeness (QED) is 0.765. The number of carbonyl (C=O) groups is 1. The highest BCUT2D eigenvalue weighted by Gasteiger charge is 2.29. The Balaban J connectivity index is 1.71. The number of amides is 1. The monoisotopic (exact) mass is 243 g/mol. The number of thioether (sulfide) groups is 1. The molecule has 0 aromatic heterocycles. The van der Waals surface area contributed by atoms with E-state index in [0.29, 0.717) is 0 Å². The molecule has 0 bridgehead atoms. The molecular weight excluding hydrogens is 222 g/mol. The highest BCUT2D eigenvalue weighted by Crippen LogP contribution is 2.10. The van der Waals surface area contributed by atoms with Crippen LogP contribution in [0.15, 0.2) is 0 Å². The van der Waals surface area contributed by atoms with Crippen LogP contribution in [0.3, 0.4) is 0 Å². The van der Waals surface area contributed by atoms with Gasteiger partial charge in [0, 0.05) is 37.7 Å². The Morgan fingerprint density at radius 3 is 2.75 bits per heavy atom. The number of hydrogen-bond donors (Lipinski definition) is 1. The Hall–Kier alpha value is -0.260. The van der Waals surface area contributed by atoms with E-state index < -0.39 is 0 Å². The number of carbonyl (C=O) groups excluding carboxylic acids is 1. The molecule has 1 atom stereocenters. The van der Waals surface area contributed by atoms with E-state index in [1.165, 1.54) is 24.6 Å². The van der Waals surface area contributed by atoms with Crippen molar-refractivity contribution in [2.75, 3.05) is 44.4 Å². The summed E-state index contributed by atoms with van der Waals surface area (Å²) in [6, 6.07) is 0.0666. The Morgan fingerprint density at radius 1 is 1.38 bits per heavy atom. The zero-order valence-corrected chi connectivity index (χ0v) is 10.8. The summed E-state index contributed by atoms with van der Waals surface area (Å²) in [6.45, 7) is 7.06. The van der Waals surface area contributed by atoms with Crippen molar-refractivity contribution in [3.63, 3.8) is 0 Å². The average Bonchev–Trinajstić information content (AvgIpc) is 2.69. The van der Waals surface area contributed by atoms with Gasteiger partial charge >= 0.3 is 0 Å². The maximum absolute atomic E-state index is 11.9. The second-order valence-corrected chi connectivity index (χ2v) is 5.60. The van der Waals surface area contributed by atoms with Crippen LogP contribution in [0.25, 0.3) is 0 Å². The summed E-state index contributed by atoms with van der Waals surface area (Å²) in [5.74, 6) is 2.77. The first-order valence-corrected chi connectivity index (χ1v) is 7.29. The highest BCUT2D eigenvalue weighted by atomic mass is 32.2. The Morgan fingerprint density at radius 2 is 2.12 bits per heavy atom. The maximum atomic E-state index is 11.9. The van der Waals surface area contributed by atoms with Crippen molar-refractivity contribution >= 4 is 17.7 Å².